The lowest BCUT2D eigenvalue weighted by Gasteiger charge is -2.21. The molecule has 8 heteroatoms. The van der Waals surface area contributed by atoms with Crippen LogP contribution in [0.25, 0.3) is 0 Å². The zero-order chi connectivity index (χ0) is 20.0. The molecular formula is C19H21NO7. The van der Waals surface area contributed by atoms with Crippen molar-refractivity contribution < 1.29 is 33.6 Å². The average molecular weight is 375 g/mol. The summed E-state index contributed by atoms with van der Waals surface area (Å²) in [4.78, 5) is 24.9. The Morgan fingerprint density at radius 1 is 0.926 bits per heavy atom. The molecular weight excluding hydrogens is 354 g/mol. The van der Waals surface area contributed by atoms with Crippen LogP contribution in [0.1, 0.15) is 10.4 Å². The van der Waals surface area contributed by atoms with E-state index in [2.05, 4.69) is 0 Å². The summed E-state index contributed by atoms with van der Waals surface area (Å²) in [5, 5.41) is 8.64. The van der Waals surface area contributed by atoms with Gasteiger partial charge in [-0.15, -0.1) is 0 Å². The number of methoxy groups -OCH3 is 3. The van der Waals surface area contributed by atoms with Gasteiger partial charge in [0.25, 0.3) is 5.91 Å². The summed E-state index contributed by atoms with van der Waals surface area (Å²) >= 11 is 0. The number of carboxylic acid groups (broad SMARTS) is 1. The van der Waals surface area contributed by atoms with Gasteiger partial charge in [0.1, 0.15) is 5.75 Å². The molecule has 0 saturated heterocycles. The van der Waals surface area contributed by atoms with Crippen LogP contribution >= 0.6 is 0 Å². The van der Waals surface area contributed by atoms with Gasteiger partial charge in [0.05, 0.1) is 26.9 Å². The maximum Gasteiger partial charge on any atom is 0.341 e. The van der Waals surface area contributed by atoms with E-state index in [1.54, 1.807) is 43.4 Å². The van der Waals surface area contributed by atoms with Crippen LogP contribution in [0.5, 0.6) is 23.0 Å². The van der Waals surface area contributed by atoms with Crippen LogP contribution < -0.4 is 23.8 Å². The second-order valence-corrected chi connectivity index (χ2v) is 5.42. The quantitative estimate of drug-likeness (QED) is 0.757. The number of hydrogen-bond donors (Lipinski definition) is 1. The molecule has 144 valence electrons. The second-order valence-electron chi connectivity index (χ2n) is 5.42. The summed E-state index contributed by atoms with van der Waals surface area (Å²) in [6, 6.07) is 9.72. The highest BCUT2D eigenvalue weighted by molar-refractivity contribution is 6.08. The summed E-state index contributed by atoms with van der Waals surface area (Å²) < 4.78 is 21.0. The topological polar surface area (TPSA) is 94.5 Å². The Balaban J connectivity index is 2.28. The molecule has 0 saturated carbocycles. The molecule has 0 aliphatic rings. The van der Waals surface area contributed by atoms with Gasteiger partial charge in [-0.05, 0) is 36.4 Å². The smallest absolute Gasteiger partial charge is 0.341 e. The van der Waals surface area contributed by atoms with Gasteiger partial charge in [-0.2, -0.15) is 0 Å². The Kier molecular flexibility index (Phi) is 6.48. The van der Waals surface area contributed by atoms with Gasteiger partial charge in [-0.3, -0.25) is 4.79 Å². The van der Waals surface area contributed by atoms with E-state index in [9.17, 15) is 9.59 Å². The van der Waals surface area contributed by atoms with Gasteiger partial charge in [0.2, 0.25) is 5.75 Å². The number of nitrogens with zero attached hydrogens (tertiary/aromatic N) is 1. The molecule has 0 radical (unpaired) electrons. The SMILES string of the molecule is COc1ccc(C(=O)N(C)c2ccc(OCC(=O)O)cc2)c(OC)c1OC. The first kappa shape index (κ1) is 19.9. The van der Waals surface area contributed by atoms with E-state index in [0.717, 1.165) is 0 Å². The Morgan fingerprint density at radius 2 is 1.56 bits per heavy atom. The van der Waals surface area contributed by atoms with Gasteiger partial charge >= 0.3 is 5.97 Å². The zero-order valence-electron chi connectivity index (χ0n) is 15.5. The predicted octanol–water partition coefficient (Wildman–Crippen LogP) is 2.45. The van der Waals surface area contributed by atoms with Crippen LogP contribution in [-0.4, -0.2) is 52.0 Å². The van der Waals surface area contributed by atoms with E-state index in [0.29, 0.717) is 28.5 Å². The van der Waals surface area contributed by atoms with Crippen LogP contribution in [0, 0.1) is 0 Å². The minimum absolute atomic E-state index is 0.273. The molecule has 8 nitrogen and oxygen atoms in total. The van der Waals surface area contributed by atoms with Crippen LogP contribution in [0.4, 0.5) is 5.69 Å². The molecule has 0 unspecified atom stereocenters. The monoisotopic (exact) mass is 375 g/mol. The van der Waals surface area contributed by atoms with Crippen molar-refractivity contribution in [3.05, 3.63) is 42.0 Å². The normalized spacial score (nSPS) is 10.1. The molecule has 27 heavy (non-hydrogen) atoms. The van der Waals surface area contributed by atoms with E-state index >= 15 is 0 Å². The summed E-state index contributed by atoms with van der Waals surface area (Å²) in [5.74, 6) is 0.0740. The molecule has 0 aliphatic carbocycles. The Morgan fingerprint density at radius 3 is 2.07 bits per heavy atom. The number of amides is 1. The number of carbonyl (C=O) groups is 2. The van der Waals surface area contributed by atoms with E-state index in [1.165, 1.54) is 26.2 Å². The highest BCUT2D eigenvalue weighted by atomic mass is 16.5. The summed E-state index contributed by atoms with van der Waals surface area (Å²) in [5.41, 5.74) is 0.906. The number of aliphatic carboxylic acids is 1. The number of anilines is 1. The Bertz CT molecular complexity index is 818. The summed E-state index contributed by atoms with van der Waals surface area (Å²) in [6.45, 7) is -0.434. The van der Waals surface area contributed by atoms with Gasteiger partial charge in [0.15, 0.2) is 18.1 Å². The van der Waals surface area contributed by atoms with E-state index in [4.69, 9.17) is 24.1 Å². The Hall–Kier alpha value is -3.42. The fourth-order valence-electron chi connectivity index (χ4n) is 2.48. The van der Waals surface area contributed by atoms with Crippen LogP contribution in [0.3, 0.4) is 0 Å². The molecule has 2 aromatic rings. The second kappa shape index (κ2) is 8.79. The molecule has 2 rings (SSSR count). The van der Waals surface area contributed by atoms with Gasteiger partial charge in [-0.1, -0.05) is 0 Å². The van der Waals surface area contributed by atoms with Crippen LogP contribution in [0.15, 0.2) is 36.4 Å². The lowest BCUT2D eigenvalue weighted by atomic mass is 10.1. The first-order valence-electron chi connectivity index (χ1n) is 7.94. The van der Waals surface area contributed by atoms with E-state index < -0.39 is 12.6 Å². The molecule has 0 aromatic heterocycles. The van der Waals surface area contributed by atoms with Crippen molar-refractivity contribution in [2.75, 3.05) is 39.9 Å². The maximum atomic E-state index is 12.9. The minimum atomic E-state index is -1.06. The summed E-state index contributed by atoms with van der Waals surface area (Å²) in [7, 11) is 6.03. The fraction of sp³-hybridized carbons (Fsp3) is 0.263. The van der Waals surface area contributed by atoms with Gasteiger partial charge in [-0.25, -0.2) is 4.79 Å². The van der Waals surface area contributed by atoms with Crippen molar-refractivity contribution in [1.29, 1.82) is 0 Å². The van der Waals surface area contributed by atoms with Crippen molar-refractivity contribution >= 4 is 17.6 Å². The highest BCUT2D eigenvalue weighted by Crippen LogP contribution is 2.40. The largest absolute Gasteiger partial charge is 0.493 e. The van der Waals surface area contributed by atoms with E-state index in [-0.39, 0.29) is 11.7 Å². The van der Waals surface area contributed by atoms with Crippen LogP contribution in [0.2, 0.25) is 0 Å². The zero-order valence-corrected chi connectivity index (χ0v) is 15.5. The van der Waals surface area contributed by atoms with Crippen molar-refractivity contribution in [2.45, 2.75) is 0 Å². The lowest BCUT2D eigenvalue weighted by Crippen LogP contribution is -2.26. The van der Waals surface area contributed by atoms with Gasteiger partial charge in [0, 0.05) is 12.7 Å². The first-order chi connectivity index (χ1) is 12.9. The number of carboxylic acids is 1. The van der Waals surface area contributed by atoms with Gasteiger partial charge < -0.3 is 29.0 Å². The van der Waals surface area contributed by atoms with Crippen molar-refractivity contribution in [3.63, 3.8) is 0 Å². The third kappa shape index (κ3) is 4.41. The molecule has 0 spiro atoms. The van der Waals surface area contributed by atoms with Crippen molar-refractivity contribution in [2.24, 2.45) is 0 Å². The molecule has 2 aromatic carbocycles. The third-order valence-electron chi connectivity index (χ3n) is 3.83. The molecule has 1 N–H and O–H groups in total. The number of ether oxygens (including phenoxy) is 4. The van der Waals surface area contributed by atoms with Crippen LogP contribution in [-0.2, 0) is 4.79 Å². The van der Waals surface area contributed by atoms with Crippen molar-refractivity contribution in [1.82, 2.24) is 0 Å². The van der Waals surface area contributed by atoms with E-state index in [1.807, 2.05) is 0 Å². The predicted molar refractivity (Wildman–Crippen MR) is 98.4 cm³/mol. The standard InChI is InChI=1S/C19H21NO7/c1-20(12-5-7-13(8-6-12)27-11-16(21)22)19(23)14-9-10-15(24-2)18(26-4)17(14)25-3/h5-10H,11H2,1-4H3,(H,21,22). The Labute approximate surface area is 156 Å². The molecule has 0 heterocycles. The first-order valence-corrected chi connectivity index (χ1v) is 7.94. The molecule has 0 aliphatic heterocycles. The maximum absolute atomic E-state index is 12.9. The third-order valence-corrected chi connectivity index (χ3v) is 3.83. The number of rotatable bonds is 8. The molecule has 0 bridgehead atoms. The molecule has 1 amide bonds. The molecule has 0 atom stereocenters. The molecule has 0 fully saturated rings. The minimum Gasteiger partial charge on any atom is -0.493 e. The number of benzene rings is 2. The van der Waals surface area contributed by atoms with Crippen molar-refractivity contribution in [3.8, 4) is 23.0 Å². The fourth-order valence-corrected chi connectivity index (χ4v) is 2.48. The average Bonchev–Trinajstić information content (AvgIpc) is 2.70. The number of carbonyl (C=O) groups excluding carboxylic acids is 1. The summed E-state index contributed by atoms with van der Waals surface area (Å²) in [6.07, 6.45) is 0. The highest BCUT2D eigenvalue weighted by Gasteiger charge is 2.23. The number of hydrogen-bond acceptors (Lipinski definition) is 6. The lowest BCUT2D eigenvalue weighted by molar-refractivity contribution is -0.139.